The van der Waals surface area contributed by atoms with Crippen LogP contribution in [0.4, 0.5) is 102 Å². The Morgan fingerprint density at radius 2 is 0.140 bits per heavy atom. The summed E-state index contributed by atoms with van der Waals surface area (Å²) in [6.45, 7) is 0. The quantitative estimate of drug-likeness (QED) is 0.0631. The third kappa shape index (κ3) is 15.3. The van der Waals surface area contributed by atoms with Crippen molar-refractivity contribution in [2.75, 3.05) is 29.4 Å². The van der Waals surface area contributed by atoms with Crippen molar-refractivity contribution >= 4 is 102 Å². The van der Waals surface area contributed by atoms with E-state index in [1.54, 1.807) is 0 Å². The zero-order valence-electron chi connectivity index (χ0n) is 62.9. The van der Waals surface area contributed by atoms with Crippen LogP contribution in [0.15, 0.2) is 485 Å². The second-order valence-electron chi connectivity index (χ2n) is 28.2. The zero-order valence-corrected chi connectivity index (χ0v) is 62.9. The van der Waals surface area contributed by atoms with Crippen LogP contribution < -0.4 is 29.4 Å². The Balaban J connectivity index is 0.549. The van der Waals surface area contributed by atoms with Gasteiger partial charge in [-0.1, -0.05) is 267 Å². The maximum atomic E-state index is 2.33. The van der Waals surface area contributed by atoms with Gasteiger partial charge in [-0.3, -0.25) is 0 Å². The van der Waals surface area contributed by atoms with Gasteiger partial charge in [0.1, 0.15) is 0 Å². The van der Waals surface area contributed by atoms with Crippen molar-refractivity contribution in [2.24, 2.45) is 0 Å². The molecule has 0 fully saturated rings. The predicted octanol–water partition coefficient (Wildman–Crippen LogP) is 30.8. The summed E-state index contributed by atoms with van der Waals surface area (Å²) in [4.78, 5) is 13.9. The van der Waals surface area contributed by atoms with Crippen LogP contribution in [0.25, 0.3) is 55.6 Å². The van der Waals surface area contributed by atoms with Crippen molar-refractivity contribution in [2.45, 2.75) is 0 Å². The van der Waals surface area contributed by atoms with E-state index in [2.05, 4.69) is 515 Å². The number of anilines is 18. The van der Waals surface area contributed by atoms with Crippen molar-refractivity contribution in [3.8, 4) is 55.6 Å². The molecule has 0 unspecified atom stereocenters. The second kappa shape index (κ2) is 32.9. The van der Waals surface area contributed by atoms with Crippen LogP contribution in [0, 0.1) is 0 Å². The Morgan fingerprint density at radius 1 is 0.0702 bits per heavy atom. The normalized spacial score (nSPS) is 11.0. The minimum atomic E-state index is 1.07. The number of para-hydroxylation sites is 8. The maximum Gasteiger partial charge on any atom is 0.0462 e. The van der Waals surface area contributed by atoms with Gasteiger partial charge < -0.3 is 29.4 Å². The molecule has 18 aromatic rings. The van der Waals surface area contributed by atoms with Crippen LogP contribution in [-0.4, -0.2) is 0 Å². The Labute approximate surface area is 668 Å². The fraction of sp³-hybridized carbons (Fsp3) is 0. The SMILES string of the molecule is c1ccc(N(c2ccccc2)c2ccc(-c3ccc(N(c4ccccc4)c4ccc(-c5ccc(N(c6ccccc6)c6ccc(-c7ccc(N(c8ccccc8)c8ccc(-c9ccc(N(c%10ccccc%10)c%10ccc(-c%11ccc(N(c%12ccccc%12)c%12ccccc%12)cc%11)cc%10)cc9)cc8)cc7)cc6)cc5)cc4)cc3)cc2)cc1. The topological polar surface area (TPSA) is 19.4 Å². The molecule has 0 aliphatic heterocycles. The van der Waals surface area contributed by atoms with E-state index in [-0.39, 0.29) is 0 Å². The molecule has 0 spiro atoms. The van der Waals surface area contributed by atoms with E-state index in [0.29, 0.717) is 0 Å². The van der Waals surface area contributed by atoms with Crippen molar-refractivity contribution < 1.29 is 0 Å². The molecule has 0 heterocycles. The maximum absolute atomic E-state index is 2.33. The lowest BCUT2D eigenvalue weighted by molar-refractivity contribution is 1.28. The van der Waals surface area contributed by atoms with Gasteiger partial charge in [-0.15, -0.1) is 0 Å². The summed E-state index contributed by atoms with van der Waals surface area (Å²) in [6.07, 6.45) is 0. The van der Waals surface area contributed by atoms with E-state index < -0.39 is 0 Å². The molecule has 0 aliphatic rings. The molecule has 0 saturated carbocycles. The molecule has 18 aromatic carbocycles. The van der Waals surface area contributed by atoms with E-state index in [4.69, 9.17) is 0 Å². The Morgan fingerprint density at radius 3 is 0.219 bits per heavy atom. The van der Waals surface area contributed by atoms with Gasteiger partial charge in [0.05, 0.1) is 0 Å². The summed E-state index contributed by atoms with van der Waals surface area (Å²) < 4.78 is 0. The first-order valence-corrected chi connectivity index (χ1v) is 38.8. The van der Waals surface area contributed by atoms with Gasteiger partial charge in [-0.05, 0) is 274 Å². The molecule has 0 bridgehead atoms. The van der Waals surface area contributed by atoms with E-state index in [0.717, 1.165) is 158 Å². The fourth-order valence-electron chi connectivity index (χ4n) is 15.3. The Bertz CT molecular complexity index is 5630. The third-order valence-corrected chi connectivity index (χ3v) is 21.0. The van der Waals surface area contributed by atoms with E-state index in [9.17, 15) is 0 Å². The minimum absolute atomic E-state index is 1.07. The highest BCUT2D eigenvalue weighted by atomic mass is 15.2. The molecule has 0 N–H and O–H groups in total. The standard InChI is InChI=1S/C108H80N6/c1-9-25-91(26-10-1)109(92-27-11-2-12-28-92)99-61-41-81(42-62-99)83-45-65-101(66-46-83)111(95-33-17-5-18-34-95)103-69-49-85(50-70-103)87-53-73-105(74-54-87)113(97-37-21-7-22-38-97)107-77-57-89(58-78-107)90-59-79-108(80-60-90)114(98-39-23-8-24-40-98)106-75-55-88(56-76-106)86-51-71-104(72-52-86)112(96-35-19-6-20-36-96)102-67-47-84(48-68-102)82-43-63-100(64-44-82)110(93-29-13-3-14-30-93)94-31-15-4-16-32-94/h1-80H. The molecule has 6 heteroatoms. The van der Waals surface area contributed by atoms with Gasteiger partial charge >= 0.3 is 0 Å². The van der Waals surface area contributed by atoms with Gasteiger partial charge in [0.2, 0.25) is 0 Å². The predicted molar refractivity (Wildman–Crippen MR) is 482 cm³/mol. The lowest BCUT2D eigenvalue weighted by Gasteiger charge is -2.27. The van der Waals surface area contributed by atoms with Gasteiger partial charge in [-0.25, -0.2) is 0 Å². The van der Waals surface area contributed by atoms with E-state index >= 15 is 0 Å². The summed E-state index contributed by atoms with van der Waals surface area (Å²) in [5.74, 6) is 0. The molecular formula is C108H80N6. The summed E-state index contributed by atoms with van der Waals surface area (Å²) in [5, 5.41) is 0. The summed E-state index contributed by atoms with van der Waals surface area (Å²) >= 11 is 0. The highest BCUT2D eigenvalue weighted by Crippen LogP contribution is 2.45. The molecule has 0 aromatic heterocycles. The number of rotatable bonds is 23. The monoisotopic (exact) mass is 1460 g/mol. The van der Waals surface area contributed by atoms with Crippen molar-refractivity contribution in [1.82, 2.24) is 0 Å². The summed E-state index contributed by atoms with van der Waals surface area (Å²) in [7, 11) is 0. The van der Waals surface area contributed by atoms with Crippen LogP contribution in [-0.2, 0) is 0 Å². The molecule has 18 rings (SSSR count). The molecule has 0 amide bonds. The van der Waals surface area contributed by atoms with E-state index in [1.165, 1.54) is 0 Å². The average Bonchev–Trinajstić information content (AvgIpc) is 0.796. The van der Waals surface area contributed by atoms with Gasteiger partial charge in [0, 0.05) is 102 Å². The molecule has 0 radical (unpaired) electrons. The van der Waals surface area contributed by atoms with Crippen LogP contribution in [0.1, 0.15) is 0 Å². The Kier molecular flexibility index (Phi) is 20.3. The minimum Gasteiger partial charge on any atom is -0.311 e. The second-order valence-corrected chi connectivity index (χ2v) is 28.2. The highest BCUT2D eigenvalue weighted by molar-refractivity contribution is 5.88. The van der Waals surface area contributed by atoms with Gasteiger partial charge in [0.25, 0.3) is 0 Å². The van der Waals surface area contributed by atoms with Crippen LogP contribution in [0.3, 0.4) is 0 Å². The molecule has 6 nitrogen and oxygen atoms in total. The number of hydrogen-bond donors (Lipinski definition) is 0. The van der Waals surface area contributed by atoms with Crippen molar-refractivity contribution in [3.05, 3.63) is 485 Å². The molecular weight excluding hydrogens is 1380 g/mol. The average molecular weight is 1460 g/mol. The first-order chi connectivity index (χ1) is 56.5. The number of nitrogens with zero attached hydrogens (tertiary/aromatic N) is 6. The first-order valence-electron chi connectivity index (χ1n) is 38.8. The highest BCUT2D eigenvalue weighted by Gasteiger charge is 2.21. The lowest BCUT2D eigenvalue weighted by Crippen LogP contribution is -2.10. The van der Waals surface area contributed by atoms with E-state index in [1.807, 2.05) is 0 Å². The van der Waals surface area contributed by atoms with Crippen molar-refractivity contribution in [1.29, 1.82) is 0 Å². The number of benzene rings is 18. The molecule has 0 saturated heterocycles. The van der Waals surface area contributed by atoms with Crippen molar-refractivity contribution in [3.63, 3.8) is 0 Å². The molecule has 542 valence electrons. The molecule has 0 atom stereocenters. The van der Waals surface area contributed by atoms with Crippen LogP contribution >= 0.6 is 0 Å². The fourth-order valence-corrected chi connectivity index (χ4v) is 15.3. The molecule has 114 heavy (non-hydrogen) atoms. The third-order valence-electron chi connectivity index (χ3n) is 21.0. The zero-order chi connectivity index (χ0) is 76.2. The Hall–Kier alpha value is -15.2. The van der Waals surface area contributed by atoms with Gasteiger partial charge in [-0.2, -0.15) is 0 Å². The summed E-state index contributed by atoms with van der Waals surface area (Å²) in [6, 6.07) is 174. The smallest absolute Gasteiger partial charge is 0.0462 e. The molecule has 0 aliphatic carbocycles. The van der Waals surface area contributed by atoms with Crippen LogP contribution in [0.5, 0.6) is 0 Å². The van der Waals surface area contributed by atoms with Gasteiger partial charge in [0.15, 0.2) is 0 Å². The number of hydrogen-bond acceptors (Lipinski definition) is 6. The van der Waals surface area contributed by atoms with Crippen LogP contribution in [0.2, 0.25) is 0 Å². The first kappa shape index (κ1) is 70.4. The largest absolute Gasteiger partial charge is 0.311 e. The summed E-state index contributed by atoms with van der Waals surface area (Å²) in [5.41, 5.74) is 31.0. The lowest BCUT2D eigenvalue weighted by atomic mass is 10.0.